The monoisotopic (exact) mass is 253 g/mol. The average Bonchev–Trinajstić information content (AvgIpc) is 2.67. The van der Waals surface area contributed by atoms with Crippen molar-refractivity contribution in [2.75, 3.05) is 0 Å². The molecule has 0 aliphatic carbocycles. The second kappa shape index (κ2) is 5.73. The Morgan fingerprint density at radius 3 is 2.37 bits per heavy atom. The topological polar surface area (TPSA) is 40.8 Å². The zero-order chi connectivity index (χ0) is 13.8. The van der Waals surface area contributed by atoms with E-state index >= 15 is 0 Å². The number of hydrogen-bond acceptors (Lipinski definition) is 2. The third kappa shape index (κ3) is 3.04. The summed E-state index contributed by atoms with van der Waals surface area (Å²) in [6.45, 7) is 5.95. The van der Waals surface area contributed by atoms with Crippen molar-refractivity contribution >= 4 is 0 Å². The largest absolute Gasteiger partial charge is 0.352 e. The van der Waals surface area contributed by atoms with Gasteiger partial charge in [-0.1, -0.05) is 12.1 Å². The molecule has 1 aromatic carbocycles. The van der Waals surface area contributed by atoms with E-state index in [4.69, 9.17) is 5.26 Å². The Labute approximate surface area is 114 Å². The Bertz CT molecular complexity index is 600. The van der Waals surface area contributed by atoms with Gasteiger partial charge in [-0.25, -0.2) is 0 Å². The molecule has 3 heteroatoms. The summed E-state index contributed by atoms with van der Waals surface area (Å²) in [6.07, 6.45) is 0. The molecule has 0 saturated carbocycles. The normalized spacial score (nSPS) is 10.4. The summed E-state index contributed by atoms with van der Waals surface area (Å²) >= 11 is 0. The molecule has 0 aliphatic rings. The van der Waals surface area contributed by atoms with Crippen molar-refractivity contribution in [3.63, 3.8) is 0 Å². The van der Waals surface area contributed by atoms with Crippen LogP contribution in [0.2, 0.25) is 0 Å². The van der Waals surface area contributed by atoms with Gasteiger partial charge in [0.25, 0.3) is 0 Å². The molecule has 1 N–H and O–H groups in total. The molecule has 0 radical (unpaired) electrons. The van der Waals surface area contributed by atoms with Crippen LogP contribution in [0.15, 0.2) is 30.3 Å². The van der Waals surface area contributed by atoms with Gasteiger partial charge in [0, 0.05) is 31.5 Å². The minimum atomic E-state index is 0.707. The molecule has 0 atom stereocenters. The lowest BCUT2D eigenvalue weighted by Crippen LogP contribution is -2.13. The molecule has 0 saturated heterocycles. The minimum Gasteiger partial charge on any atom is -0.352 e. The van der Waals surface area contributed by atoms with E-state index in [2.05, 4.69) is 42.9 Å². The molecule has 0 aliphatic heterocycles. The molecular formula is C16H19N3. The first-order chi connectivity index (χ1) is 9.11. The summed E-state index contributed by atoms with van der Waals surface area (Å²) in [5.41, 5.74) is 5.84. The van der Waals surface area contributed by atoms with E-state index in [0.29, 0.717) is 5.56 Å². The zero-order valence-corrected chi connectivity index (χ0v) is 11.7. The van der Waals surface area contributed by atoms with Gasteiger partial charge in [-0.2, -0.15) is 5.26 Å². The molecule has 0 fully saturated rings. The maximum Gasteiger partial charge on any atom is 0.0991 e. The first kappa shape index (κ1) is 13.4. The second-order valence-corrected chi connectivity index (χ2v) is 4.87. The Hall–Kier alpha value is -2.05. The van der Waals surface area contributed by atoms with Gasteiger partial charge in [-0.05, 0) is 43.2 Å². The van der Waals surface area contributed by atoms with Crippen molar-refractivity contribution in [1.82, 2.24) is 9.88 Å². The fourth-order valence-corrected chi connectivity index (χ4v) is 2.15. The lowest BCUT2D eigenvalue weighted by Gasteiger charge is -2.06. The fraction of sp³-hybridized carbons (Fsp3) is 0.312. The quantitative estimate of drug-likeness (QED) is 0.910. The molecule has 2 aromatic rings. The maximum absolute atomic E-state index is 8.74. The van der Waals surface area contributed by atoms with Gasteiger partial charge in [0.2, 0.25) is 0 Å². The van der Waals surface area contributed by atoms with Gasteiger partial charge >= 0.3 is 0 Å². The van der Waals surface area contributed by atoms with Crippen LogP contribution < -0.4 is 5.32 Å². The predicted octanol–water partition coefficient (Wildman–Crippen LogP) is 2.80. The van der Waals surface area contributed by atoms with Crippen molar-refractivity contribution in [2.45, 2.75) is 26.9 Å². The molecule has 1 aromatic heterocycles. The second-order valence-electron chi connectivity index (χ2n) is 4.87. The van der Waals surface area contributed by atoms with Gasteiger partial charge < -0.3 is 9.88 Å². The average molecular weight is 253 g/mol. The number of aryl methyl sites for hydroxylation is 1. The molecule has 3 nitrogen and oxygen atoms in total. The van der Waals surface area contributed by atoms with Crippen LogP contribution in [0.4, 0.5) is 0 Å². The van der Waals surface area contributed by atoms with Crippen molar-refractivity contribution in [1.29, 1.82) is 5.26 Å². The van der Waals surface area contributed by atoms with Gasteiger partial charge in [-0.3, -0.25) is 0 Å². The Morgan fingerprint density at radius 2 is 1.84 bits per heavy atom. The molecule has 19 heavy (non-hydrogen) atoms. The molecular weight excluding hydrogens is 234 g/mol. The summed E-state index contributed by atoms with van der Waals surface area (Å²) in [6, 6.07) is 12.1. The minimum absolute atomic E-state index is 0.707. The molecule has 98 valence electrons. The summed E-state index contributed by atoms with van der Waals surface area (Å²) in [4.78, 5) is 0. The van der Waals surface area contributed by atoms with E-state index in [9.17, 15) is 0 Å². The number of nitriles is 1. The highest BCUT2D eigenvalue weighted by atomic mass is 15.0. The number of nitrogens with one attached hydrogen (secondary N) is 1. The third-order valence-electron chi connectivity index (χ3n) is 3.61. The van der Waals surface area contributed by atoms with Gasteiger partial charge in [0.1, 0.15) is 0 Å². The standard InChI is InChI=1S/C16H19N3/c1-12-8-16(13(2)19(12)3)11-18-10-15-6-4-14(9-17)5-7-15/h4-8,18H,10-11H2,1-3H3. The van der Waals surface area contributed by atoms with E-state index in [1.807, 2.05) is 24.3 Å². The smallest absolute Gasteiger partial charge is 0.0991 e. The van der Waals surface area contributed by atoms with Crippen molar-refractivity contribution < 1.29 is 0 Å². The van der Waals surface area contributed by atoms with Gasteiger partial charge in [0.05, 0.1) is 11.6 Å². The van der Waals surface area contributed by atoms with Crippen LogP contribution in [0.25, 0.3) is 0 Å². The number of nitrogens with zero attached hydrogens (tertiary/aromatic N) is 2. The SMILES string of the molecule is Cc1cc(CNCc2ccc(C#N)cc2)c(C)n1C. The predicted molar refractivity (Wildman–Crippen MR) is 76.6 cm³/mol. The molecule has 1 heterocycles. The zero-order valence-electron chi connectivity index (χ0n) is 11.7. The molecule has 0 unspecified atom stereocenters. The van der Waals surface area contributed by atoms with Crippen LogP contribution in [0.5, 0.6) is 0 Å². The lowest BCUT2D eigenvalue weighted by molar-refractivity contribution is 0.687. The summed E-state index contributed by atoms with van der Waals surface area (Å²) in [7, 11) is 2.09. The number of benzene rings is 1. The summed E-state index contributed by atoms with van der Waals surface area (Å²) < 4.78 is 2.21. The molecule has 2 rings (SSSR count). The van der Waals surface area contributed by atoms with Crippen LogP contribution >= 0.6 is 0 Å². The van der Waals surface area contributed by atoms with Crippen LogP contribution in [0.3, 0.4) is 0 Å². The summed E-state index contributed by atoms with van der Waals surface area (Å²) in [5, 5.41) is 12.2. The fourth-order valence-electron chi connectivity index (χ4n) is 2.15. The number of rotatable bonds is 4. The van der Waals surface area contributed by atoms with Crippen LogP contribution in [-0.2, 0) is 20.1 Å². The summed E-state index contributed by atoms with van der Waals surface area (Å²) in [5.74, 6) is 0. The Kier molecular flexibility index (Phi) is 4.03. The molecule has 0 spiro atoms. The molecule has 0 bridgehead atoms. The van der Waals surface area contributed by atoms with Gasteiger partial charge in [-0.15, -0.1) is 0 Å². The first-order valence-electron chi connectivity index (χ1n) is 6.43. The van der Waals surface area contributed by atoms with Crippen molar-refractivity contribution in [2.24, 2.45) is 7.05 Å². The Balaban J connectivity index is 1.92. The first-order valence-corrected chi connectivity index (χ1v) is 6.43. The van der Waals surface area contributed by atoms with Crippen LogP contribution in [-0.4, -0.2) is 4.57 Å². The third-order valence-corrected chi connectivity index (χ3v) is 3.61. The van der Waals surface area contributed by atoms with Gasteiger partial charge in [0.15, 0.2) is 0 Å². The lowest BCUT2D eigenvalue weighted by atomic mass is 10.1. The maximum atomic E-state index is 8.74. The van der Waals surface area contributed by atoms with Crippen LogP contribution in [0.1, 0.15) is 28.1 Å². The van der Waals surface area contributed by atoms with E-state index in [-0.39, 0.29) is 0 Å². The number of aromatic nitrogens is 1. The Morgan fingerprint density at radius 1 is 1.16 bits per heavy atom. The van der Waals surface area contributed by atoms with E-state index in [1.165, 1.54) is 22.5 Å². The van der Waals surface area contributed by atoms with E-state index in [1.54, 1.807) is 0 Å². The van der Waals surface area contributed by atoms with Crippen molar-refractivity contribution in [3.8, 4) is 6.07 Å². The van der Waals surface area contributed by atoms with Crippen LogP contribution in [0, 0.1) is 25.2 Å². The van der Waals surface area contributed by atoms with Crippen molar-refractivity contribution in [3.05, 3.63) is 58.4 Å². The molecule has 0 amide bonds. The van der Waals surface area contributed by atoms with E-state index in [0.717, 1.165) is 13.1 Å². The highest BCUT2D eigenvalue weighted by Crippen LogP contribution is 2.13. The highest BCUT2D eigenvalue weighted by molar-refractivity contribution is 5.31. The van der Waals surface area contributed by atoms with E-state index < -0.39 is 0 Å². The number of hydrogen-bond donors (Lipinski definition) is 1. The highest BCUT2D eigenvalue weighted by Gasteiger charge is 2.05.